The van der Waals surface area contributed by atoms with Gasteiger partial charge in [0, 0.05) is 40.0 Å². The number of halogens is 1. The molecule has 0 aromatic rings. The molecule has 0 saturated carbocycles. The molecule has 120 valence electrons. The van der Waals surface area contributed by atoms with Crippen LogP contribution in [0.4, 0.5) is 0 Å². The molecule has 20 heavy (non-hydrogen) atoms. The van der Waals surface area contributed by atoms with E-state index in [1.165, 1.54) is 0 Å². The average molecular weight is 401 g/mol. The third kappa shape index (κ3) is 9.73. The summed E-state index contributed by atoms with van der Waals surface area (Å²) in [6.45, 7) is 7.38. The van der Waals surface area contributed by atoms with Crippen LogP contribution in [0.5, 0.6) is 0 Å². The number of hydrogen-bond donors (Lipinski definition) is 2. The molecule has 6 nitrogen and oxygen atoms in total. The molecule has 7 heteroatoms. The number of hydrogen-bond acceptors (Lipinski definition) is 4. The normalized spacial score (nSPS) is 18.7. The molecular formula is C13H28IN3O3. The van der Waals surface area contributed by atoms with Crippen molar-refractivity contribution in [3.63, 3.8) is 0 Å². The Morgan fingerprint density at radius 2 is 2.10 bits per heavy atom. The van der Waals surface area contributed by atoms with E-state index in [2.05, 4.69) is 15.6 Å². The summed E-state index contributed by atoms with van der Waals surface area (Å²) in [5.74, 6) is 0.809. The molecule has 1 heterocycles. The zero-order valence-corrected chi connectivity index (χ0v) is 14.9. The fourth-order valence-electron chi connectivity index (χ4n) is 1.78. The Balaban J connectivity index is 0.00000361. The monoisotopic (exact) mass is 401 g/mol. The van der Waals surface area contributed by atoms with E-state index in [9.17, 15) is 0 Å². The molecule has 1 atom stereocenters. The molecule has 1 fully saturated rings. The molecule has 0 aromatic carbocycles. The summed E-state index contributed by atoms with van der Waals surface area (Å²) in [5.41, 5.74) is 0. The van der Waals surface area contributed by atoms with Crippen molar-refractivity contribution in [2.24, 2.45) is 4.99 Å². The number of aliphatic imine (C=N–C) groups is 1. The first-order valence-electron chi connectivity index (χ1n) is 7.08. The number of nitrogens with zero attached hydrogens (tertiary/aromatic N) is 1. The maximum absolute atomic E-state index is 5.69. The van der Waals surface area contributed by atoms with Crippen LogP contribution in [0.2, 0.25) is 0 Å². The van der Waals surface area contributed by atoms with Gasteiger partial charge < -0.3 is 24.8 Å². The van der Waals surface area contributed by atoms with Crippen molar-refractivity contribution in [1.82, 2.24) is 10.6 Å². The molecule has 1 unspecified atom stereocenters. The second kappa shape index (κ2) is 13.8. The molecule has 0 radical (unpaired) electrons. The minimum Gasteiger partial charge on any atom is -0.380 e. The number of guanidine groups is 1. The largest absolute Gasteiger partial charge is 0.380 e. The number of ether oxygens (including phenoxy) is 3. The SMILES string of the molecule is CCOCCNC(=NC)NCCCOC1CCOC1.I. The Labute approximate surface area is 139 Å². The molecule has 0 bridgehead atoms. The Morgan fingerprint density at radius 1 is 1.30 bits per heavy atom. The standard InChI is InChI=1S/C13H27N3O3.HI/c1-3-17-10-7-16-13(14-2)15-6-4-8-19-12-5-9-18-11-12;/h12H,3-11H2,1-2H3,(H2,14,15,16);1H. The van der Waals surface area contributed by atoms with Crippen LogP contribution >= 0.6 is 24.0 Å². The van der Waals surface area contributed by atoms with Crippen LogP contribution in [0.15, 0.2) is 4.99 Å². The molecule has 0 spiro atoms. The Morgan fingerprint density at radius 3 is 2.75 bits per heavy atom. The third-order valence-electron chi connectivity index (χ3n) is 2.82. The minimum atomic E-state index is 0. The minimum absolute atomic E-state index is 0. The zero-order chi connectivity index (χ0) is 13.8. The summed E-state index contributed by atoms with van der Waals surface area (Å²) in [6.07, 6.45) is 2.28. The summed E-state index contributed by atoms with van der Waals surface area (Å²) in [5, 5.41) is 6.43. The summed E-state index contributed by atoms with van der Waals surface area (Å²) >= 11 is 0. The highest BCUT2D eigenvalue weighted by atomic mass is 127. The van der Waals surface area contributed by atoms with Gasteiger partial charge in [-0.25, -0.2) is 0 Å². The molecule has 2 N–H and O–H groups in total. The summed E-state index contributed by atoms with van der Waals surface area (Å²) in [7, 11) is 1.77. The van der Waals surface area contributed by atoms with E-state index in [0.717, 1.165) is 58.3 Å². The van der Waals surface area contributed by atoms with Crippen molar-refractivity contribution in [2.45, 2.75) is 25.9 Å². The molecule has 0 aliphatic carbocycles. The lowest BCUT2D eigenvalue weighted by molar-refractivity contribution is 0.0420. The predicted octanol–water partition coefficient (Wildman–Crippen LogP) is 1.00. The van der Waals surface area contributed by atoms with E-state index in [4.69, 9.17) is 14.2 Å². The van der Waals surface area contributed by atoms with Gasteiger partial charge in [-0.1, -0.05) is 0 Å². The van der Waals surface area contributed by atoms with Crippen molar-refractivity contribution < 1.29 is 14.2 Å². The van der Waals surface area contributed by atoms with Crippen LogP contribution in [0.3, 0.4) is 0 Å². The van der Waals surface area contributed by atoms with E-state index >= 15 is 0 Å². The lowest BCUT2D eigenvalue weighted by Gasteiger charge is -2.13. The smallest absolute Gasteiger partial charge is 0.191 e. The van der Waals surface area contributed by atoms with E-state index < -0.39 is 0 Å². The van der Waals surface area contributed by atoms with Gasteiger partial charge in [0.05, 0.1) is 19.3 Å². The van der Waals surface area contributed by atoms with Gasteiger partial charge in [0.25, 0.3) is 0 Å². The topological polar surface area (TPSA) is 64.1 Å². The Hall–Kier alpha value is -0.120. The van der Waals surface area contributed by atoms with Gasteiger partial charge in [0.2, 0.25) is 0 Å². The van der Waals surface area contributed by atoms with Crippen LogP contribution in [0.25, 0.3) is 0 Å². The van der Waals surface area contributed by atoms with Crippen molar-refractivity contribution in [3.05, 3.63) is 0 Å². The van der Waals surface area contributed by atoms with Crippen LogP contribution in [-0.2, 0) is 14.2 Å². The first-order valence-corrected chi connectivity index (χ1v) is 7.08. The van der Waals surface area contributed by atoms with Crippen LogP contribution < -0.4 is 10.6 Å². The highest BCUT2D eigenvalue weighted by Crippen LogP contribution is 2.07. The third-order valence-corrected chi connectivity index (χ3v) is 2.82. The van der Waals surface area contributed by atoms with Gasteiger partial charge in [-0.15, -0.1) is 24.0 Å². The van der Waals surface area contributed by atoms with Crippen molar-refractivity contribution >= 4 is 29.9 Å². The van der Waals surface area contributed by atoms with Gasteiger partial charge >= 0.3 is 0 Å². The van der Waals surface area contributed by atoms with Crippen molar-refractivity contribution in [1.29, 1.82) is 0 Å². The fraction of sp³-hybridized carbons (Fsp3) is 0.923. The van der Waals surface area contributed by atoms with Crippen molar-refractivity contribution in [3.8, 4) is 0 Å². The first-order chi connectivity index (χ1) is 9.36. The quantitative estimate of drug-likeness (QED) is 0.261. The fourth-order valence-corrected chi connectivity index (χ4v) is 1.78. The lowest BCUT2D eigenvalue weighted by Crippen LogP contribution is -2.39. The summed E-state index contributed by atoms with van der Waals surface area (Å²) in [6, 6.07) is 0. The Kier molecular flexibility index (Phi) is 13.8. The Bertz CT molecular complexity index is 249. The van der Waals surface area contributed by atoms with Gasteiger partial charge in [0.1, 0.15) is 0 Å². The molecule has 1 aliphatic rings. The average Bonchev–Trinajstić information content (AvgIpc) is 2.94. The molecule has 1 saturated heterocycles. The van der Waals surface area contributed by atoms with Crippen molar-refractivity contribution in [2.75, 3.05) is 53.2 Å². The van der Waals surface area contributed by atoms with Crippen LogP contribution in [0.1, 0.15) is 19.8 Å². The lowest BCUT2D eigenvalue weighted by atomic mass is 10.3. The number of nitrogens with one attached hydrogen (secondary N) is 2. The van der Waals surface area contributed by atoms with E-state index in [-0.39, 0.29) is 24.0 Å². The van der Waals surface area contributed by atoms with Gasteiger partial charge in [0.15, 0.2) is 5.96 Å². The molecular weight excluding hydrogens is 373 g/mol. The van der Waals surface area contributed by atoms with Crippen LogP contribution in [0, 0.1) is 0 Å². The second-order valence-electron chi connectivity index (χ2n) is 4.33. The van der Waals surface area contributed by atoms with E-state index in [0.29, 0.717) is 12.7 Å². The number of rotatable bonds is 9. The first kappa shape index (κ1) is 19.9. The maximum atomic E-state index is 5.69. The molecule has 1 rings (SSSR count). The van der Waals surface area contributed by atoms with E-state index in [1.807, 2.05) is 6.92 Å². The second-order valence-corrected chi connectivity index (χ2v) is 4.33. The highest BCUT2D eigenvalue weighted by molar-refractivity contribution is 14.0. The van der Waals surface area contributed by atoms with Gasteiger partial charge in [-0.3, -0.25) is 4.99 Å². The maximum Gasteiger partial charge on any atom is 0.191 e. The molecule has 0 amide bonds. The van der Waals surface area contributed by atoms with Gasteiger partial charge in [-0.2, -0.15) is 0 Å². The summed E-state index contributed by atoms with van der Waals surface area (Å²) in [4.78, 5) is 4.14. The zero-order valence-electron chi connectivity index (χ0n) is 12.5. The van der Waals surface area contributed by atoms with Gasteiger partial charge in [-0.05, 0) is 19.8 Å². The molecule has 0 aromatic heterocycles. The molecule has 1 aliphatic heterocycles. The highest BCUT2D eigenvalue weighted by Gasteiger charge is 2.15. The predicted molar refractivity (Wildman–Crippen MR) is 91.1 cm³/mol. The van der Waals surface area contributed by atoms with Crippen LogP contribution in [-0.4, -0.2) is 65.2 Å². The van der Waals surface area contributed by atoms with E-state index in [1.54, 1.807) is 7.05 Å². The summed E-state index contributed by atoms with van der Waals surface area (Å²) < 4.78 is 16.2.